The van der Waals surface area contributed by atoms with Crippen LogP contribution >= 0.6 is 56.1 Å². The molecular weight excluding hydrogens is 671 g/mol. The lowest BCUT2D eigenvalue weighted by molar-refractivity contribution is -0.188. The van der Waals surface area contributed by atoms with E-state index in [0.29, 0.717) is 22.5 Å². The monoisotopic (exact) mass is 695 g/mol. The number of rotatable bonds is 9. The van der Waals surface area contributed by atoms with Crippen LogP contribution in [0.5, 0.6) is 5.75 Å². The highest BCUT2D eigenvalue weighted by Gasteiger charge is 2.51. The summed E-state index contributed by atoms with van der Waals surface area (Å²) in [5, 5.41) is 6.05. The van der Waals surface area contributed by atoms with Crippen LogP contribution in [0.25, 0.3) is 0 Å². The lowest BCUT2D eigenvalue weighted by atomic mass is 10.0. The predicted molar refractivity (Wildman–Crippen MR) is 152 cm³/mol. The minimum Gasteiger partial charge on any atom is -0.386 e. The maximum absolute atomic E-state index is 13.6. The second kappa shape index (κ2) is 13.4. The second-order valence-electron chi connectivity index (χ2n) is 8.75. The fraction of sp³-hybridized carbons (Fsp3) is 0.375. The summed E-state index contributed by atoms with van der Waals surface area (Å²) in [4.78, 5) is 43.6. The topological polar surface area (TPSA) is 85.4 Å². The molecule has 2 aromatic rings. The van der Waals surface area contributed by atoms with E-state index in [1.165, 1.54) is 22.0 Å². The van der Waals surface area contributed by atoms with Crippen molar-refractivity contribution in [2.75, 3.05) is 23.4 Å². The van der Waals surface area contributed by atoms with Crippen molar-refractivity contribution in [2.45, 2.75) is 31.7 Å². The average Bonchev–Trinajstić information content (AvgIpc) is 2.93. The molecule has 0 unspecified atom stereocenters. The number of urea groups is 1. The molecule has 38 heavy (non-hydrogen) atoms. The van der Waals surface area contributed by atoms with Gasteiger partial charge in [0.2, 0.25) is 11.8 Å². The lowest BCUT2D eigenvalue weighted by Gasteiger charge is -2.54. The molecule has 4 rings (SSSR count). The highest BCUT2D eigenvalue weighted by atomic mass is 127. The molecule has 0 aliphatic carbocycles. The van der Waals surface area contributed by atoms with E-state index in [9.17, 15) is 18.8 Å². The van der Waals surface area contributed by atoms with Crippen molar-refractivity contribution in [1.29, 1.82) is 0 Å². The first-order chi connectivity index (χ1) is 18.4. The number of benzene rings is 2. The normalized spacial score (nSPS) is 19.9. The van der Waals surface area contributed by atoms with Crippen LogP contribution in [0.15, 0.2) is 48.5 Å². The highest BCUT2D eigenvalue weighted by molar-refractivity contribution is 14.1. The zero-order chi connectivity index (χ0) is 27.2. The van der Waals surface area contributed by atoms with Gasteiger partial charge in [-0.15, -0.1) is 0 Å². The fourth-order valence-electron chi connectivity index (χ4n) is 4.60. The van der Waals surface area contributed by atoms with Crippen molar-refractivity contribution >= 4 is 74.0 Å². The van der Waals surface area contributed by atoms with Gasteiger partial charge in [0.25, 0.3) is 0 Å². The number of halogens is 4. The Morgan fingerprint density at radius 2 is 1.82 bits per heavy atom. The molecule has 14 heteroatoms. The predicted octanol–water partition coefficient (Wildman–Crippen LogP) is 4.34. The van der Waals surface area contributed by atoms with Gasteiger partial charge in [-0.05, 0) is 52.5 Å². The van der Waals surface area contributed by atoms with Crippen molar-refractivity contribution in [1.82, 2.24) is 25.1 Å². The average molecular weight is 696 g/mol. The van der Waals surface area contributed by atoms with Gasteiger partial charge in [0.1, 0.15) is 35.6 Å². The van der Waals surface area contributed by atoms with Gasteiger partial charge in [-0.3, -0.25) is 9.59 Å². The van der Waals surface area contributed by atoms with E-state index in [1.54, 1.807) is 46.3 Å². The summed E-state index contributed by atoms with van der Waals surface area (Å²) in [6.07, 6.45) is -0.368. The van der Waals surface area contributed by atoms with E-state index < -0.39 is 18.2 Å². The number of fused-ring (bicyclic) bond motifs is 1. The maximum Gasteiger partial charge on any atom is 0.334 e. The Morgan fingerprint density at radius 3 is 2.45 bits per heavy atom. The number of amides is 4. The summed E-state index contributed by atoms with van der Waals surface area (Å²) in [5.41, 5.74) is 1.57. The zero-order valence-corrected chi connectivity index (χ0v) is 24.6. The number of carbonyl (C=O) groups is 3. The Hall–Kier alpha value is -2.00. The molecule has 2 aromatic carbocycles. The first kappa shape index (κ1) is 29.0. The molecule has 2 aliphatic rings. The lowest BCUT2D eigenvalue weighted by Crippen LogP contribution is -2.76. The Kier molecular flexibility index (Phi) is 10.2. The summed E-state index contributed by atoms with van der Waals surface area (Å²) in [6, 6.07) is 11.7. The number of hydrogen-bond donors (Lipinski definition) is 1. The molecule has 204 valence electrons. The van der Waals surface area contributed by atoms with Crippen LogP contribution in [0, 0.1) is 5.82 Å². The second-order valence-corrected chi connectivity index (χ2v) is 10.9. The number of piperazine rings is 1. The summed E-state index contributed by atoms with van der Waals surface area (Å²) in [7, 11) is 6.94. The van der Waals surface area contributed by atoms with Crippen LogP contribution < -0.4 is 9.61 Å². The summed E-state index contributed by atoms with van der Waals surface area (Å²) in [5.74, 6) is 0.141. The van der Waals surface area contributed by atoms with Crippen LogP contribution in [-0.4, -0.2) is 73.3 Å². The number of hydrogen-bond acceptors (Lipinski definition) is 6. The molecule has 2 fully saturated rings. The Labute approximate surface area is 247 Å². The van der Waals surface area contributed by atoms with E-state index in [0.717, 1.165) is 22.1 Å². The van der Waals surface area contributed by atoms with Crippen molar-refractivity contribution in [3.8, 4) is 5.75 Å². The molecule has 0 saturated carbocycles. The molecule has 2 saturated heterocycles. The van der Waals surface area contributed by atoms with Crippen LogP contribution in [0.3, 0.4) is 0 Å². The molecule has 0 aromatic heterocycles. The first-order valence-corrected chi connectivity index (χ1v) is 15.3. The van der Waals surface area contributed by atoms with Gasteiger partial charge in [0, 0.05) is 18.8 Å². The molecule has 2 heterocycles. The van der Waals surface area contributed by atoms with Gasteiger partial charge in [-0.2, -0.15) is 5.01 Å². The molecule has 0 spiro atoms. The Morgan fingerprint density at radius 1 is 1.13 bits per heavy atom. The van der Waals surface area contributed by atoms with Crippen molar-refractivity contribution in [3.05, 3.63) is 65.5 Å². The number of nitrogens with one attached hydrogen (secondary N) is 1. The number of alkyl halides is 1. The van der Waals surface area contributed by atoms with Gasteiger partial charge in [-0.1, -0.05) is 57.8 Å². The third-order valence-corrected chi connectivity index (χ3v) is 8.21. The first-order valence-electron chi connectivity index (χ1n) is 11.7. The number of nitrogens with zero attached hydrogens (tertiary/aromatic N) is 4. The SMILES string of the molecule is O=C1[C@H](CCSCl)N2C(=O)CN(CI)N(C(=O)NCc3ccc(F)cc3)[C@H]2CN1Cc1ccc(OCl)cc1. The fourth-order valence-corrected chi connectivity index (χ4v) is 5.86. The largest absolute Gasteiger partial charge is 0.386 e. The van der Waals surface area contributed by atoms with Crippen LogP contribution in [-0.2, 0) is 22.7 Å². The molecule has 2 aliphatic heterocycles. The standard InChI is InChI=1S/C24H25Cl2FIN5O4S/c25-37-19-7-3-17(4-8-19)12-30-13-21-32(20(23(30)35)9-10-38-26)22(34)14-31(15-28)33(21)24(36)29-11-16-1-5-18(27)6-2-16/h1-8,20-21H,9-15H2,(H,29,36)/t20-,21-/m0/s1. The van der Waals surface area contributed by atoms with E-state index in [4.69, 9.17) is 26.8 Å². The molecule has 2 atom stereocenters. The van der Waals surface area contributed by atoms with Gasteiger partial charge < -0.3 is 19.4 Å². The Bertz CT molecular complexity index is 1150. The molecule has 4 amide bonds. The minimum absolute atomic E-state index is 0.0406. The highest BCUT2D eigenvalue weighted by Crippen LogP contribution is 2.30. The molecule has 0 bridgehead atoms. The minimum atomic E-state index is -0.762. The summed E-state index contributed by atoms with van der Waals surface area (Å²) in [6.45, 7) is 0.538. The van der Waals surface area contributed by atoms with Crippen LogP contribution in [0.4, 0.5) is 9.18 Å². The van der Waals surface area contributed by atoms with Gasteiger partial charge >= 0.3 is 6.03 Å². The smallest absolute Gasteiger partial charge is 0.334 e. The third-order valence-electron chi connectivity index (χ3n) is 6.39. The quantitative estimate of drug-likeness (QED) is 0.239. The zero-order valence-electron chi connectivity index (χ0n) is 20.1. The van der Waals surface area contributed by atoms with E-state index in [2.05, 4.69) is 27.9 Å². The number of hydrazine groups is 1. The number of carbonyl (C=O) groups excluding carboxylic acids is 3. The molecular formula is C24H25Cl2FIN5O4S. The van der Waals surface area contributed by atoms with Crippen LogP contribution in [0.1, 0.15) is 17.5 Å². The maximum atomic E-state index is 13.6. The molecule has 1 N–H and O–H groups in total. The van der Waals surface area contributed by atoms with Gasteiger partial charge in [0.15, 0.2) is 0 Å². The molecule has 9 nitrogen and oxygen atoms in total. The summed E-state index contributed by atoms with van der Waals surface area (Å²) >= 11 is 7.52. The van der Waals surface area contributed by atoms with E-state index >= 15 is 0 Å². The van der Waals surface area contributed by atoms with E-state index in [1.807, 2.05) is 0 Å². The van der Waals surface area contributed by atoms with Crippen molar-refractivity contribution in [3.63, 3.8) is 0 Å². The van der Waals surface area contributed by atoms with Gasteiger partial charge in [-0.25, -0.2) is 14.2 Å². The third kappa shape index (κ3) is 6.58. The summed E-state index contributed by atoms with van der Waals surface area (Å²) < 4.78 is 18.4. The van der Waals surface area contributed by atoms with E-state index in [-0.39, 0.29) is 43.8 Å². The Balaban J connectivity index is 1.60. The van der Waals surface area contributed by atoms with Gasteiger partial charge in [0.05, 0.1) is 17.6 Å². The van der Waals surface area contributed by atoms with Crippen LogP contribution in [0.2, 0.25) is 0 Å². The van der Waals surface area contributed by atoms with Crippen molar-refractivity contribution in [2.24, 2.45) is 0 Å². The van der Waals surface area contributed by atoms with Crippen molar-refractivity contribution < 1.29 is 23.1 Å². The molecule has 0 radical (unpaired) electrons.